The van der Waals surface area contributed by atoms with Crippen LogP contribution in [0.15, 0.2) is 27.1 Å². The normalized spacial score (nSPS) is 11.3. The molecule has 2 aromatic rings. The lowest BCUT2D eigenvalue weighted by Gasteiger charge is -2.13. The Morgan fingerprint density at radius 1 is 1.48 bits per heavy atom. The molecule has 1 aromatic carbocycles. The molecule has 0 aliphatic heterocycles. The van der Waals surface area contributed by atoms with Gasteiger partial charge in [0, 0.05) is 15.4 Å². The second-order valence-corrected chi connectivity index (χ2v) is 5.36. The molecule has 8 heteroatoms. The van der Waals surface area contributed by atoms with Crippen LogP contribution in [0.2, 0.25) is 0 Å². The number of carbonyl (C=O) groups excluding carboxylic acids is 1. The number of amides is 1. The summed E-state index contributed by atoms with van der Waals surface area (Å²) in [5, 5.41) is 2.89. The van der Waals surface area contributed by atoms with Crippen LogP contribution in [0.1, 0.15) is 16.1 Å². The molecule has 1 amide bonds. The van der Waals surface area contributed by atoms with Gasteiger partial charge in [0.05, 0.1) is 13.1 Å². The number of nitrogens with two attached hydrogens (primary N) is 1. The van der Waals surface area contributed by atoms with Crippen molar-refractivity contribution in [3.63, 3.8) is 0 Å². The maximum Gasteiger partial charge on any atom is 0.287 e. The SMILES string of the molecule is Cc1c(C(=O)NCC(F)(F)CN)oc2ccc(Br)cc12.Cl. The molecule has 0 bridgehead atoms. The molecular formula is C13H14BrClF2N2O2. The van der Waals surface area contributed by atoms with Gasteiger partial charge in [-0.2, -0.15) is 0 Å². The van der Waals surface area contributed by atoms with Crippen LogP contribution in [0.4, 0.5) is 8.78 Å². The summed E-state index contributed by atoms with van der Waals surface area (Å²) < 4.78 is 32.3. The van der Waals surface area contributed by atoms with E-state index in [9.17, 15) is 13.6 Å². The topological polar surface area (TPSA) is 68.3 Å². The average molecular weight is 384 g/mol. The molecule has 4 nitrogen and oxygen atoms in total. The van der Waals surface area contributed by atoms with Crippen molar-refractivity contribution in [1.82, 2.24) is 5.32 Å². The zero-order valence-electron chi connectivity index (χ0n) is 11.1. The number of fused-ring (bicyclic) bond motifs is 1. The van der Waals surface area contributed by atoms with Gasteiger partial charge in [-0.3, -0.25) is 4.79 Å². The number of rotatable bonds is 4. The van der Waals surface area contributed by atoms with Crippen molar-refractivity contribution in [2.75, 3.05) is 13.1 Å². The maximum atomic E-state index is 13.0. The minimum atomic E-state index is -3.13. The van der Waals surface area contributed by atoms with Crippen molar-refractivity contribution in [2.24, 2.45) is 5.73 Å². The van der Waals surface area contributed by atoms with E-state index in [-0.39, 0.29) is 18.2 Å². The third-order valence-electron chi connectivity index (χ3n) is 2.91. The first-order valence-corrected chi connectivity index (χ1v) is 6.68. The van der Waals surface area contributed by atoms with E-state index in [1.807, 2.05) is 0 Å². The summed E-state index contributed by atoms with van der Waals surface area (Å²) in [7, 11) is 0. The van der Waals surface area contributed by atoms with E-state index in [1.54, 1.807) is 25.1 Å². The highest BCUT2D eigenvalue weighted by Gasteiger charge is 2.28. The van der Waals surface area contributed by atoms with Crippen LogP contribution in [-0.4, -0.2) is 24.9 Å². The predicted octanol–water partition coefficient (Wildman–Crippen LogP) is 3.25. The number of carbonyl (C=O) groups is 1. The molecule has 21 heavy (non-hydrogen) atoms. The molecule has 1 heterocycles. The number of halogens is 4. The summed E-state index contributed by atoms with van der Waals surface area (Å²) in [6.45, 7) is 0.0656. The summed E-state index contributed by atoms with van der Waals surface area (Å²) in [5.74, 6) is -3.77. The van der Waals surface area contributed by atoms with Crippen LogP contribution in [-0.2, 0) is 0 Å². The van der Waals surface area contributed by atoms with Crippen molar-refractivity contribution in [3.05, 3.63) is 34.0 Å². The quantitative estimate of drug-likeness (QED) is 0.851. The molecule has 0 fully saturated rings. The molecule has 0 saturated carbocycles. The third-order valence-corrected chi connectivity index (χ3v) is 3.40. The summed E-state index contributed by atoms with van der Waals surface area (Å²) >= 11 is 3.32. The number of aryl methyl sites for hydroxylation is 1. The van der Waals surface area contributed by atoms with Crippen LogP contribution in [0.25, 0.3) is 11.0 Å². The van der Waals surface area contributed by atoms with Crippen LogP contribution in [0, 0.1) is 6.92 Å². The second-order valence-electron chi connectivity index (χ2n) is 4.44. The number of furan rings is 1. The number of benzene rings is 1. The standard InChI is InChI=1S/C13H13BrF2N2O2.ClH/c1-7-9-4-8(14)2-3-10(9)20-11(7)12(19)18-6-13(15,16)5-17;/h2-4H,5-6,17H2,1H3,(H,18,19);1H. The molecule has 116 valence electrons. The molecular weight excluding hydrogens is 370 g/mol. The van der Waals surface area contributed by atoms with Crippen molar-refractivity contribution in [2.45, 2.75) is 12.8 Å². The van der Waals surface area contributed by atoms with Crippen LogP contribution in [0.5, 0.6) is 0 Å². The Kier molecular flexibility index (Phi) is 5.72. The Bertz CT molecular complexity index is 661. The first-order valence-electron chi connectivity index (χ1n) is 5.89. The molecule has 3 N–H and O–H groups in total. The fraction of sp³-hybridized carbons (Fsp3) is 0.308. The zero-order valence-corrected chi connectivity index (χ0v) is 13.5. The van der Waals surface area contributed by atoms with Crippen molar-refractivity contribution in [3.8, 4) is 0 Å². The zero-order chi connectivity index (χ0) is 14.9. The van der Waals surface area contributed by atoms with Gasteiger partial charge in [0.2, 0.25) is 0 Å². The molecule has 0 unspecified atom stereocenters. The van der Waals surface area contributed by atoms with E-state index in [0.717, 1.165) is 9.86 Å². The van der Waals surface area contributed by atoms with E-state index >= 15 is 0 Å². The maximum absolute atomic E-state index is 13.0. The van der Waals surface area contributed by atoms with Crippen molar-refractivity contribution < 1.29 is 18.0 Å². The smallest absolute Gasteiger partial charge is 0.287 e. The highest BCUT2D eigenvalue weighted by Crippen LogP contribution is 2.28. The number of hydrogen-bond donors (Lipinski definition) is 2. The van der Waals surface area contributed by atoms with Gasteiger partial charge in [-0.25, -0.2) is 8.78 Å². The van der Waals surface area contributed by atoms with Gasteiger partial charge in [0.25, 0.3) is 11.8 Å². The lowest BCUT2D eigenvalue weighted by molar-refractivity contribution is 0.0116. The minimum Gasteiger partial charge on any atom is -0.451 e. The molecule has 1 aromatic heterocycles. The molecule has 0 atom stereocenters. The van der Waals surface area contributed by atoms with E-state index in [0.29, 0.717) is 11.1 Å². The predicted molar refractivity (Wildman–Crippen MR) is 82.2 cm³/mol. The summed E-state index contributed by atoms with van der Waals surface area (Å²) in [5.41, 5.74) is 6.04. The van der Waals surface area contributed by atoms with Gasteiger partial charge in [0.15, 0.2) is 5.76 Å². The lowest BCUT2D eigenvalue weighted by atomic mass is 10.1. The Morgan fingerprint density at radius 2 is 2.14 bits per heavy atom. The molecule has 0 aliphatic carbocycles. The van der Waals surface area contributed by atoms with Gasteiger partial charge in [-0.15, -0.1) is 12.4 Å². The minimum absolute atomic E-state index is 0. The Hall–Kier alpha value is -1.18. The number of alkyl halides is 2. The second kappa shape index (κ2) is 6.72. The first kappa shape index (κ1) is 17.9. The highest BCUT2D eigenvalue weighted by atomic mass is 79.9. The Balaban J connectivity index is 0.00000220. The van der Waals surface area contributed by atoms with Gasteiger partial charge in [-0.05, 0) is 25.1 Å². The van der Waals surface area contributed by atoms with E-state index in [4.69, 9.17) is 10.2 Å². The van der Waals surface area contributed by atoms with E-state index in [1.165, 1.54) is 0 Å². The number of nitrogens with one attached hydrogen (secondary N) is 1. The molecule has 0 saturated heterocycles. The molecule has 0 radical (unpaired) electrons. The summed E-state index contributed by atoms with van der Waals surface area (Å²) in [4.78, 5) is 11.9. The summed E-state index contributed by atoms with van der Waals surface area (Å²) in [6.07, 6.45) is 0. The molecule has 0 spiro atoms. The molecule has 0 aliphatic rings. The largest absolute Gasteiger partial charge is 0.451 e. The molecule has 2 rings (SSSR count). The van der Waals surface area contributed by atoms with Gasteiger partial charge in [0.1, 0.15) is 5.58 Å². The first-order chi connectivity index (χ1) is 9.34. The van der Waals surface area contributed by atoms with Crippen LogP contribution < -0.4 is 11.1 Å². The fourth-order valence-corrected chi connectivity index (χ4v) is 2.13. The van der Waals surface area contributed by atoms with Crippen molar-refractivity contribution >= 4 is 45.2 Å². The average Bonchev–Trinajstić information content (AvgIpc) is 2.74. The lowest BCUT2D eigenvalue weighted by Crippen LogP contribution is -2.41. The van der Waals surface area contributed by atoms with Gasteiger partial charge < -0.3 is 15.5 Å². The van der Waals surface area contributed by atoms with Crippen molar-refractivity contribution in [1.29, 1.82) is 0 Å². The Morgan fingerprint density at radius 3 is 2.76 bits per heavy atom. The number of hydrogen-bond acceptors (Lipinski definition) is 3. The van der Waals surface area contributed by atoms with Gasteiger partial charge >= 0.3 is 0 Å². The Labute approximate surface area is 134 Å². The summed E-state index contributed by atoms with van der Waals surface area (Å²) in [6, 6.07) is 5.28. The van der Waals surface area contributed by atoms with E-state index in [2.05, 4.69) is 21.2 Å². The van der Waals surface area contributed by atoms with E-state index < -0.39 is 24.9 Å². The monoisotopic (exact) mass is 382 g/mol. The van der Waals surface area contributed by atoms with Gasteiger partial charge in [-0.1, -0.05) is 15.9 Å². The highest BCUT2D eigenvalue weighted by molar-refractivity contribution is 9.10. The fourth-order valence-electron chi connectivity index (χ4n) is 1.77. The van der Waals surface area contributed by atoms with Crippen LogP contribution in [0.3, 0.4) is 0 Å². The van der Waals surface area contributed by atoms with Crippen LogP contribution >= 0.6 is 28.3 Å². The third kappa shape index (κ3) is 3.93.